The Morgan fingerprint density at radius 2 is 1.79 bits per heavy atom. The molecule has 0 amide bonds. The summed E-state index contributed by atoms with van der Waals surface area (Å²) < 4.78 is 32.7. The quantitative estimate of drug-likeness (QED) is 0.611. The highest BCUT2D eigenvalue weighted by atomic mass is 32.2. The van der Waals surface area contributed by atoms with Gasteiger partial charge in [0.05, 0.1) is 11.5 Å². The van der Waals surface area contributed by atoms with E-state index in [9.17, 15) is 18.5 Å². The number of nitro groups is 1. The number of benzene rings is 2. The number of nitro benzene ring substituents is 1. The molecule has 2 rings (SSSR count). The lowest BCUT2D eigenvalue weighted by molar-refractivity contribution is -0.387. The van der Waals surface area contributed by atoms with Gasteiger partial charge in [-0.05, 0) is 37.6 Å². The second-order valence-electron chi connectivity index (χ2n) is 5.07. The first-order valence-corrected chi connectivity index (χ1v) is 8.82. The van der Waals surface area contributed by atoms with Gasteiger partial charge < -0.3 is 4.74 Å². The summed E-state index contributed by atoms with van der Waals surface area (Å²) in [7, 11) is -4.03. The van der Waals surface area contributed by atoms with Gasteiger partial charge in [0.1, 0.15) is 5.75 Å². The number of nitrogens with zero attached hydrogens (tertiary/aromatic N) is 1. The molecule has 0 unspecified atom stereocenters. The van der Waals surface area contributed by atoms with Crippen molar-refractivity contribution in [3.8, 4) is 5.75 Å². The minimum Gasteiger partial charge on any atom is -0.494 e. The highest BCUT2D eigenvalue weighted by Gasteiger charge is 2.26. The van der Waals surface area contributed by atoms with Gasteiger partial charge in [-0.15, -0.1) is 0 Å². The van der Waals surface area contributed by atoms with E-state index in [2.05, 4.69) is 4.72 Å². The van der Waals surface area contributed by atoms with Crippen molar-refractivity contribution in [3.63, 3.8) is 0 Å². The third kappa shape index (κ3) is 4.09. The van der Waals surface area contributed by atoms with Crippen LogP contribution in [0.25, 0.3) is 0 Å². The van der Waals surface area contributed by atoms with Gasteiger partial charge in [0.25, 0.3) is 5.69 Å². The molecule has 0 saturated heterocycles. The topological polar surface area (TPSA) is 98.5 Å². The van der Waals surface area contributed by atoms with E-state index in [0.29, 0.717) is 12.4 Å². The molecule has 1 N–H and O–H groups in total. The van der Waals surface area contributed by atoms with Gasteiger partial charge in [0.2, 0.25) is 10.0 Å². The van der Waals surface area contributed by atoms with E-state index < -0.39 is 26.7 Å². The fourth-order valence-corrected chi connectivity index (χ4v) is 3.62. The minimum absolute atomic E-state index is 0.354. The first kappa shape index (κ1) is 17.9. The Balaban J connectivity index is 2.24. The van der Waals surface area contributed by atoms with Crippen LogP contribution in [-0.2, 0) is 10.0 Å². The van der Waals surface area contributed by atoms with Crippen molar-refractivity contribution < 1.29 is 18.1 Å². The van der Waals surface area contributed by atoms with Crippen molar-refractivity contribution in [1.29, 1.82) is 0 Å². The van der Waals surface area contributed by atoms with Crippen LogP contribution in [-0.4, -0.2) is 19.9 Å². The molecule has 7 nitrogen and oxygen atoms in total. The van der Waals surface area contributed by atoms with Crippen LogP contribution in [0.2, 0.25) is 0 Å². The van der Waals surface area contributed by atoms with E-state index in [1.807, 2.05) is 6.92 Å². The van der Waals surface area contributed by atoms with Gasteiger partial charge in [0.15, 0.2) is 4.90 Å². The van der Waals surface area contributed by atoms with Crippen LogP contribution in [0.4, 0.5) is 5.69 Å². The van der Waals surface area contributed by atoms with Gasteiger partial charge >= 0.3 is 0 Å². The number of hydrogen-bond donors (Lipinski definition) is 1. The van der Waals surface area contributed by atoms with Crippen LogP contribution < -0.4 is 9.46 Å². The Kier molecular flexibility index (Phi) is 5.53. The van der Waals surface area contributed by atoms with Crippen LogP contribution >= 0.6 is 0 Å². The third-order valence-corrected chi connectivity index (χ3v) is 4.96. The number of ether oxygens (including phenoxy) is 1. The summed E-state index contributed by atoms with van der Waals surface area (Å²) in [6.07, 6.45) is 0. The molecule has 0 saturated carbocycles. The molecule has 0 radical (unpaired) electrons. The second-order valence-corrected chi connectivity index (χ2v) is 6.75. The summed E-state index contributed by atoms with van der Waals surface area (Å²) in [4.78, 5) is 9.96. The highest BCUT2D eigenvalue weighted by molar-refractivity contribution is 7.89. The van der Waals surface area contributed by atoms with Crippen molar-refractivity contribution in [2.45, 2.75) is 24.8 Å². The average Bonchev–Trinajstić information content (AvgIpc) is 2.55. The smallest absolute Gasteiger partial charge is 0.289 e. The Morgan fingerprint density at radius 3 is 2.38 bits per heavy atom. The van der Waals surface area contributed by atoms with Gasteiger partial charge in [0, 0.05) is 12.1 Å². The fraction of sp³-hybridized carbons (Fsp3) is 0.250. The van der Waals surface area contributed by atoms with E-state index in [0.717, 1.165) is 11.6 Å². The molecule has 128 valence electrons. The number of rotatable bonds is 7. The van der Waals surface area contributed by atoms with Crippen molar-refractivity contribution in [3.05, 3.63) is 64.2 Å². The molecule has 1 atom stereocenters. The lowest BCUT2D eigenvalue weighted by atomic mass is 10.1. The van der Waals surface area contributed by atoms with E-state index in [-0.39, 0.29) is 4.90 Å². The molecule has 0 spiro atoms. The SMILES string of the molecule is CCOc1ccc([C@H](C)NS(=O)(=O)c2ccccc2[N+](=O)[O-])cc1. The normalized spacial score (nSPS) is 12.6. The minimum atomic E-state index is -4.03. The summed E-state index contributed by atoms with van der Waals surface area (Å²) in [6.45, 7) is 4.08. The first-order valence-electron chi connectivity index (χ1n) is 7.33. The predicted octanol–water partition coefficient (Wildman–Crippen LogP) is 3.03. The number of hydrogen-bond acceptors (Lipinski definition) is 5. The van der Waals surface area contributed by atoms with Crippen molar-refractivity contribution in [2.24, 2.45) is 0 Å². The largest absolute Gasteiger partial charge is 0.494 e. The lowest BCUT2D eigenvalue weighted by Crippen LogP contribution is -2.27. The van der Waals surface area contributed by atoms with Gasteiger partial charge in [-0.25, -0.2) is 13.1 Å². The highest BCUT2D eigenvalue weighted by Crippen LogP contribution is 2.25. The van der Waals surface area contributed by atoms with Crippen molar-refractivity contribution >= 4 is 15.7 Å². The molecule has 2 aromatic carbocycles. The fourth-order valence-electron chi connectivity index (χ4n) is 2.22. The number of para-hydroxylation sites is 1. The van der Waals surface area contributed by atoms with Gasteiger partial charge in [-0.2, -0.15) is 0 Å². The Bertz CT molecular complexity index is 819. The summed E-state index contributed by atoms with van der Waals surface area (Å²) >= 11 is 0. The molecule has 8 heteroatoms. The first-order chi connectivity index (χ1) is 11.3. The Hall–Kier alpha value is -2.45. The van der Waals surface area contributed by atoms with Crippen molar-refractivity contribution in [2.75, 3.05) is 6.61 Å². The summed E-state index contributed by atoms with van der Waals surface area (Å²) in [5.74, 6) is 0.690. The predicted molar refractivity (Wildman–Crippen MR) is 89.4 cm³/mol. The number of nitrogens with one attached hydrogen (secondary N) is 1. The zero-order chi connectivity index (χ0) is 17.7. The van der Waals surface area contributed by atoms with Crippen LogP contribution in [0.3, 0.4) is 0 Å². The molecule has 0 heterocycles. The average molecular weight is 350 g/mol. The molecule has 0 aliphatic heterocycles. The maximum Gasteiger partial charge on any atom is 0.289 e. The van der Waals surface area contributed by atoms with E-state index in [4.69, 9.17) is 4.74 Å². The van der Waals surface area contributed by atoms with Crippen molar-refractivity contribution in [1.82, 2.24) is 4.72 Å². The Labute approximate surface area is 140 Å². The molecule has 0 fully saturated rings. The van der Waals surface area contributed by atoms with E-state index >= 15 is 0 Å². The molecule has 0 aliphatic carbocycles. The van der Waals surface area contributed by atoms with Crippen LogP contribution in [0.5, 0.6) is 5.75 Å². The molecule has 0 aliphatic rings. The third-order valence-electron chi connectivity index (χ3n) is 3.37. The zero-order valence-corrected chi connectivity index (χ0v) is 14.1. The molecular weight excluding hydrogens is 332 g/mol. The molecular formula is C16H18N2O5S. The second kappa shape index (κ2) is 7.41. The van der Waals surface area contributed by atoms with Crippen LogP contribution in [0, 0.1) is 10.1 Å². The molecule has 0 bridgehead atoms. The standard InChI is InChI=1S/C16H18N2O5S/c1-3-23-14-10-8-13(9-11-14)12(2)17-24(21,22)16-7-5-4-6-15(16)18(19)20/h4-12,17H,3H2,1-2H3/t12-/m0/s1. The molecule has 2 aromatic rings. The summed E-state index contributed by atoms with van der Waals surface area (Å²) in [6, 6.07) is 11.7. The number of sulfonamides is 1. The van der Waals surface area contributed by atoms with Gasteiger partial charge in [-0.3, -0.25) is 10.1 Å². The van der Waals surface area contributed by atoms with Gasteiger partial charge in [-0.1, -0.05) is 24.3 Å². The van der Waals surface area contributed by atoms with E-state index in [1.165, 1.54) is 18.2 Å². The molecule has 24 heavy (non-hydrogen) atoms. The van der Waals surface area contributed by atoms with E-state index in [1.54, 1.807) is 31.2 Å². The maximum atomic E-state index is 12.5. The Morgan fingerprint density at radius 1 is 1.17 bits per heavy atom. The summed E-state index contributed by atoms with van der Waals surface area (Å²) in [5, 5.41) is 11.0. The zero-order valence-electron chi connectivity index (χ0n) is 13.3. The maximum absolute atomic E-state index is 12.5. The van der Waals surface area contributed by atoms with Crippen LogP contribution in [0.15, 0.2) is 53.4 Å². The monoisotopic (exact) mass is 350 g/mol. The summed E-state index contributed by atoms with van der Waals surface area (Å²) in [5.41, 5.74) is 0.268. The van der Waals surface area contributed by atoms with Crippen LogP contribution in [0.1, 0.15) is 25.5 Å². The molecule has 0 aromatic heterocycles. The lowest BCUT2D eigenvalue weighted by Gasteiger charge is -2.15.